The van der Waals surface area contributed by atoms with Crippen molar-refractivity contribution in [3.8, 4) is 0 Å². The lowest BCUT2D eigenvalue weighted by molar-refractivity contribution is -0.392. The fourth-order valence-corrected chi connectivity index (χ4v) is 2.37. The minimum Gasteiger partial charge on any atom is -0.462 e. The Balaban J connectivity index is 2.66. The number of esters is 1. The van der Waals surface area contributed by atoms with Crippen molar-refractivity contribution in [2.75, 3.05) is 11.9 Å². The van der Waals surface area contributed by atoms with Crippen LogP contribution in [0.2, 0.25) is 0 Å². The molecule has 2 rings (SSSR count). The van der Waals surface area contributed by atoms with Gasteiger partial charge in [-0.1, -0.05) is 12.1 Å². The third kappa shape index (κ3) is 3.94. The van der Waals surface area contributed by atoms with Crippen LogP contribution in [-0.4, -0.2) is 22.4 Å². The van der Waals surface area contributed by atoms with Crippen LogP contribution in [0.4, 0.5) is 22.7 Å². The summed E-state index contributed by atoms with van der Waals surface area (Å²) < 4.78 is 4.79. The second-order valence-corrected chi connectivity index (χ2v) is 5.57. The molecule has 0 saturated carbocycles. The van der Waals surface area contributed by atoms with Crippen LogP contribution in [-0.2, 0) is 4.74 Å². The Morgan fingerprint density at radius 3 is 2.15 bits per heavy atom. The first-order valence-corrected chi connectivity index (χ1v) is 7.72. The van der Waals surface area contributed by atoms with Crippen molar-refractivity contribution in [2.45, 2.75) is 20.8 Å². The van der Waals surface area contributed by atoms with E-state index in [9.17, 15) is 25.0 Å². The van der Waals surface area contributed by atoms with Gasteiger partial charge in [-0.25, -0.2) is 4.79 Å². The molecule has 0 saturated heterocycles. The Kier molecular flexibility index (Phi) is 5.51. The van der Waals surface area contributed by atoms with E-state index in [0.717, 1.165) is 23.3 Å². The fourth-order valence-electron chi connectivity index (χ4n) is 2.37. The lowest BCUT2D eigenvalue weighted by Gasteiger charge is -2.12. The number of rotatable bonds is 6. The van der Waals surface area contributed by atoms with Crippen LogP contribution in [0.15, 0.2) is 30.3 Å². The number of aryl methyl sites for hydroxylation is 2. The van der Waals surface area contributed by atoms with Crippen molar-refractivity contribution in [3.63, 3.8) is 0 Å². The molecule has 2 aromatic rings. The summed E-state index contributed by atoms with van der Waals surface area (Å²) in [5.74, 6) is -0.864. The van der Waals surface area contributed by atoms with Crippen LogP contribution in [0.3, 0.4) is 0 Å². The predicted octanol–water partition coefficient (Wildman–Crippen LogP) is 4.04. The van der Waals surface area contributed by atoms with Gasteiger partial charge in [0, 0.05) is 17.8 Å². The molecule has 0 fully saturated rings. The van der Waals surface area contributed by atoms with Crippen LogP contribution >= 0.6 is 0 Å². The van der Waals surface area contributed by atoms with Gasteiger partial charge in [-0.15, -0.1) is 0 Å². The molecule has 0 heterocycles. The van der Waals surface area contributed by atoms with Gasteiger partial charge in [0.15, 0.2) is 5.69 Å². The normalized spacial score (nSPS) is 10.3. The number of nitro groups is 2. The van der Waals surface area contributed by atoms with E-state index in [4.69, 9.17) is 4.74 Å². The Hall–Kier alpha value is -3.49. The maximum absolute atomic E-state index is 11.9. The molecular weight excluding hydrogens is 342 g/mol. The Labute approximate surface area is 148 Å². The molecule has 1 N–H and O–H groups in total. The van der Waals surface area contributed by atoms with E-state index in [-0.39, 0.29) is 17.9 Å². The van der Waals surface area contributed by atoms with Crippen LogP contribution in [0.5, 0.6) is 0 Å². The smallest absolute Gasteiger partial charge is 0.338 e. The molecule has 0 aliphatic heterocycles. The van der Waals surface area contributed by atoms with E-state index in [0.29, 0.717) is 5.69 Å². The molecule has 0 amide bonds. The molecule has 0 aliphatic rings. The van der Waals surface area contributed by atoms with Crippen molar-refractivity contribution >= 4 is 28.7 Å². The SMILES string of the molecule is CCOC(=O)c1cc([N+](=O)[O-])c(Nc2cc(C)ccc2C)c([N+](=O)[O-])c1. The first-order valence-electron chi connectivity index (χ1n) is 7.72. The number of nitro benzene ring substituents is 2. The number of nitrogens with one attached hydrogen (secondary N) is 1. The van der Waals surface area contributed by atoms with Crippen LogP contribution in [0.1, 0.15) is 28.4 Å². The lowest BCUT2D eigenvalue weighted by Crippen LogP contribution is -2.09. The first-order chi connectivity index (χ1) is 12.2. The summed E-state index contributed by atoms with van der Waals surface area (Å²) in [6.07, 6.45) is 0. The number of hydrogen-bond donors (Lipinski definition) is 1. The summed E-state index contributed by atoms with van der Waals surface area (Å²) in [6, 6.07) is 7.31. The molecule has 0 spiro atoms. The monoisotopic (exact) mass is 359 g/mol. The summed E-state index contributed by atoms with van der Waals surface area (Å²) >= 11 is 0. The molecule has 0 radical (unpaired) electrons. The molecule has 0 bridgehead atoms. The second kappa shape index (κ2) is 7.60. The van der Waals surface area contributed by atoms with E-state index in [2.05, 4.69) is 5.32 Å². The molecule has 0 atom stereocenters. The summed E-state index contributed by atoms with van der Waals surface area (Å²) in [6.45, 7) is 5.21. The second-order valence-electron chi connectivity index (χ2n) is 5.57. The van der Waals surface area contributed by atoms with Gasteiger partial charge in [-0.2, -0.15) is 0 Å². The number of anilines is 2. The van der Waals surface area contributed by atoms with Crippen LogP contribution < -0.4 is 5.32 Å². The zero-order valence-electron chi connectivity index (χ0n) is 14.4. The summed E-state index contributed by atoms with van der Waals surface area (Å²) in [5.41, 5.74) is 0.435. The number of hydrogen-bond acceptors (Lipinski definition) is 7. The van der Waals surface area contributed by atoms with Gasteiger partial charge in [0.2, 0.25) is 0 Å². The molecule has 0 unspecified atom stereocenters. The quantitative estimate of drug-likeness (QED) is 0.469. The van der Waals surface area contributed by atoms with Crippen molar-refractivity contribution in [1.82, 2.24) is 0 Å². The van der Waals surface area contributed by atoms with Gasteiger partial charge in [-0.3, -0.25) is 20.2 Å². The first kappa shape index (κ1) is 18.8. The molecule has 0 aliphatic carbocycles. The fraction of sp³-hybridized carbons (Fsp3) is 0.235. The lowest BCUT2D eigenvalue weighted by atomic mass is 10.1. The third-order valence-electron chi connectivity index (χ3n) is 3.65. The maximum Gasteiger partial charge on any atom is 0.338 e. The van der Waals surface area contributed by atoms with Gasteiger partial charge >= 0.3 is 17.3 Å². The standard InChI is InChI=1S/C17H17N3O6/c1-4-26-17(21)12-8-14(19(22)23)16(15(9-12)20(24)25)18-13-7-10(2)5-6-11(13)3/h5-9,18H,4H2,1-3H3. The van der Waals surface area contributed by atoms with E-state index in [1.807, 2.05) is 13.0 Å². The summed E-state index contributed by atoms with van der Waals surface area (Å²) in [7, 11) is 0. The molecule has 136 valence electrons. The Bertz CT molecular complexity index is 859. The Morgan fingerprint density at radius 1 is 1.08 bits per heavy atom. The predicted molar refractivity (Wildman–Crippen MR) is 94.9 cm³/mol. The van der Waals surface area contributed by atoms with Crippen molar-refractivity contribution in [1.29, 1.82) is 0 Å². The highest BCUT2D eigenvalue weighted by molar-refractivity contribution is 5.94. The average molecular weight is 359 g/mol. The van der Waals surface area contributed by atoms with E-state index in [1.165, 1.54) is 0 Å². The minimum atomic E-state index is -0.864. The number of nitrogens with zero attached hydrogens (tertiary/aromatic N) is 2. The number of ether oxygens (including phenoxy) is 1. The van der Waals surface area contributed by atoms with Crippen molar-refractivity contribution < 1.29 is 19.4 Å². The van der Waals surface area contributed by atoms with Gasteiger partial charge in [0.05, 0.1) is 22.0 Å². The number of benzene rings is 2. The summed E-state index contributed by atoms with van der Waals surface area (Å²) in [5, 5.41) is 25.7. The van der Waals surface area contributed by atoms with Gasteiger partial charge < -0.3 is 10.1 Å². The Morgan fingerprint density at radius 2 is 1.65 bits per heavy atom. The van der Waals surface area contributed by atoms with E-state index in [1.54, 1.807) is 26.0 Å². The highest BCUT2D eigenvalue weighted by Gasteiger charge is 2.29. The van der Waals surface area contributed by atoms with Crippen molar-refractivity contribution in [3.05, 3.63) is 67.3 Å². The molecule has 2 aromatic carbocycles. The molecular formula is C17H17N3O6. The number of carbonyl (C=O) groups excluding carboxylic acids is 1. The third-order valence-corrected chi connectivity index (χ3v) is 3.65. The van der Waals surface area contributed by atoms with Crippen LogP contribution in [0.25, 0.3) is 0 Å². The largest absolute Gasteiger partial charge is 0.462 e. The molecule has 0 aromatic heterocycles. The molecule has 9 nitrogen and oxygen atoms in total. The highest BCUT2D eigenvalue weighted by Crippen LogP contribution is 2.38. The van der Waals surface area contributed by atoms with Gasteiger partial charge in [0.1, 0.15) is 0 Å². The van der Waals surface area contributed by atoms with E-state index >= 15 is 0 Å². The number of carbonyl (C=O) groups is 1. The van der Waals surface area contributed by atoms with Crippen molar-refractivity contribution in [2.24, 2.45) is 0 Å². The highest BCUT2D eigenvalue weighted by atomic mass is 16.6. The zero-order valence-corrected chi connectivity index (χ0v) is 14.4. The van der Waals surface area contributed by atoms with Gasteiger partial charge in [-0.05, 0) is 38.0 Å². The average Bonchev–Trinajstić information content (AvgIpc) is 2.57. The maximum atomic E-state index is 11.9. The topological polar surface area (TPSA) is 125 Å². The molecule has 9 heteroatoms. The molecule has 26 heavy (non-hydrogen) atoms. The van der Waals surface area contributed by atoms with Crippen LogP contribution in [0, 0.1) is 34.1 Å². The van der Waals surface area contributed by atoms with Gasteiger partial charge in [0.25, 0.3) is 0 Å². The minimum absolute atomic E-state index is 0.0446. The van der Waals surface area contributed by atoms with E-state index < -0.39 is 27.2 Å². The zero-order chi connectivity index (χ0) is 19.4. The summed E-state index contributed by atoms with van der Waals surface area (Å²) in [4.78, 5) is 33.3.